The molecular weight excluding hydrogens is 260 g/mol. The Bertz CT molecular complexity index is 349. The average Bonchev–Trinajstić information content (AvgIpc) is 2.44. The predicted molar refractivity (Wildman–Crippen MR) is 75.5 cm³/mol. The van der Waals surface area contributed by atoms with Gasteiger partial charge in [-0.05, 0) is 20.8 Å². The Kier molecular flexibility index (Phi) is 6.38. The second kappa shape index (κ2) is 7.56. The molecule has 0 aliphatic carbocycles. The molecule has 20 heavy (non-hydrogen) atoms. The molecule has 1 saturated heterocycles. The van der Waals surface area contributed by atoms with Gasteiger partial charge in [0.05, 0.1) is 19.1 Å². The Morgan fingerprint density at radius 3 is 2.50 bits per heavy atom. The van der Waals surface area contributed by atoms with Gasteiger partial charge in [0, 0.05) is 18.6 Å². The van der Waals surface area contributed by atoms with Crippen LogP contribution in [0.5, 0.6) is 0 Å². The lowest BCUT2D eigenvalue weighted by Gasteiger charge is -2.40. The monoisotopic (exact) mass is 286 g/mol. The highest BCUT2D eigenvalue weighted by Crippen LogP contribution is 2.18. The summed E-state index contributed by atoms with van der Waals surface area (Å²) in [7, 11) is 0. The summed E-state index contributed by atoms with van der Waals surface area (Å²) in [5, 5.41) is 2.89. The van der Waals surface area contributed by atoms with E-state index in [9.17, 15) is 9.59 Å². The third-order valence-electron chi connectivity index (χ3n) is 3.71. The van der Waals surface area contributed by atoms with Crippen molar-refractivity contribution in [2.45, 2.75) is 45.8 Å². The summed E-state index contributed by atoms with van der Waals surface area (Å²) < 4.78 is 5.40. The number of hydrogen-bond acceptors (Lipinski definition) is 5. The minimum absolute atomic E-state index is 0.0630. The molecule has 7 nitrogen and oxygen atoms in total. The number of carbonyl (C=O) groups is 2. The molecule has 0 aromatic carbocycles. The molecule has 0 aromatic rings. The van der Waals surface area contributed by atoms with Gasteiger partial charge in [-0.3, -0.25) is 19.9 Å². The Morgan fingerprint density at radius 2 is 1.95 bits per heavy atom. The van der Waals surface area contributed by atoms with Gasteiger partial charge in [-0.15, -0.1) is 0 Å². The summed E-state index contributed by atoms with van der Waals surface area (Å²) >= 11 is 0. The lowest BCUT2D eigenvalue weighted by molar-refractivity contribution is -0.139. The van der Waals surface area contributed by atoms with Gasteiger partial charge in [-0.25, -0.2) is 5.84 Å². The molecule has 116 valence electrons. The highest BCUT2D eigenvalue weighted by atomic mass is 16.5. The molecule has 3 unspecified atom stereocenters. The van der Waals surface area contributed by atoms with Crippen molar-refractivity contribution in [1.82, 2.24) is 15.6 Å². The molecule has 7 heteroatoms. The lowest BCUT2D eigenvalue weighted by Crippen LogP contribution is -2.59. The summed E-state index contributed by atoms with van der Waals surface area (Å²) in [6.07, 6.45) is 0. The topological polar surface area (TPSA) is 96.7 Å². The lowest BCUT2D eigenvalue weighted by atomic mass is 9.98. The SMILES string of the molecule is CC(C)NC(=O)C1COCCN1C(C)C(C)C(=O)NN. The zero-order chi connectivity index (χ0) is 15.3. The minimum atomic E-state index is -0.367. The van der Waals surface area contributed by atoms with E-state index in [0.717, 1.165) is 0 Å². The predicted octanol–water partition coefficient (Wildman–Crippen LogP) is -0.774. The molecule has 1 fully saturated rings. The van der Waals surface area contributed by atoms with Gasteiger partial charge in [0.25, 0.3) is 0 Å². The summed E-state index contributed by atoms with van der Waals surface area (Å²) in [5.41, 5.74) is 2.16. The Balaban J connectivity index is 2.77. The number of carbonyl (C=O) groups excluding carboxylic acids is 2. The van der Waals surface area contributed by atoms with Crippen molar-refractivity contribution in [3.8, 4) is 0 Å². The number of nitrogens with two attached hydrogens (primary N) is 1. The molecule has 1 aliphatic rings. The number of ether oxygens (including phenoxy) is 1. The molecule has 0 radical (unpaired) electrons. The summed E-state index contributed by atoms with van der Waals surface area (Å²) in [5.74, 6) is 4.59. The summed E-state index contributed by atoms with van der Waals surface area (Å²) in [6, 6.07) is -0.383. The van der Waals surface area contributed by atoms with E-state index in [1.807, 2.05) is 25.7 Å². The van der Waals surface area contributed by atoms with Crippen LogP contribution in [0.3, 0.4) is 0 Å². The van der Waals surface area contributed by atoms with E-state index in [2.05, 4.69) is 10.7 Å². The van der Waals surface area contributed by atoms with Gasteiger partial charge >= 0.3 is 0 Å². The second-order valence-electron chi connectivity index (χ2n) is 5.53. The van der Waals surface area contributed by atoms with Gasteiger partial charge in [-0.1, -0.05) is 6.92 Å². The molecule has 1 heterocycles. The average molecular weight is 286 g/mol. The van der Waals surface area contributed by atoms with E-state index in [-0.39, 0.29) is 35.9 Å². The largest absolute Gasteiger partial charge is 0.378 e. The van der Waals surface area contributed by atoms with Crippen LogP contribution < -0.4 is 16.6 Å². The van der Waals surface area contributed by atoms with Crippen LogP contribution in [0.4, 0.5) is 0 Å². The van der Waals surface area contributed by atoms with Crippen LogP contribution in [0.25, 0.3) is 0 Å². The normalized spacial score (nSPS) is 23.2. The zero-order valence-corrected chi connectivity index (χ0v) is 12.7. The molecule has 0 saturated carbocycles. The van der Waals surface area contributed by atoms with E-state index in [4.69, 9.17) is 10.6 Å². The highest BCUT2D eigenvalue weighted by molar-refractivity contribution is 5.82. The molecule has 3 atom stereocenters. The first kappa shape index (κ1) is 16.9. The standard InChI is InChI=1S/C13H26N4O3/c1-8(2)15-13(19)11-7-20-6-5-17(11)10(4)9(3)12(18)16-14/h8-11H,5-7,14H2,1-4H3,(H,15,19)(H,16,18). The number of amides is 2. The highest BCUT2D eigenvalue weighted by Gasteiger charge is 2.36. The Labute approximate surface area is 120 Å². The smallest absolute Gasteiger partial charge is 0.239 e. The maximum absolute atomic E-state index is 12.2. The number of hydrazine groups is 1. The fraction of sp³-hybridized carbons (Fsp3) is 0.846. The molecule has 0 aromatic heterocycles. The number of morpholine rings is 1. The first-order chi connectivity index (χ1) is 9.38. The van der Waals surface area contributed by atoms with Crippen molar-refractivity contribution in [2.24, 2.45) is 11.8 Å². The van der Waals surface area contributed by atoms with Crippen LogP contribution in [-0.4, -0.2) is 54.6 Å². The van der Waals surface area contributed by atoms with Crippen molar-refractivity contribution in [3.63, 3.8) is 0 Å². The third kappa shape index (κ3) is 4.16. The number of nitrogens with one attached hydrogen (secondary N) is 2. The van der Waals surface area contributed by atoms with Crippen molar-refractivity contribution in [2.75, 3.05) is 19.8 Å². The van der Waals surface area contributed by atoms with Crippen LogP contribution >= 0.6 is 0 Å². The van der Waals surface area contributed by atoms with E-state index in [0.29, 0.717) is 19.8 Å². The first-order valence-corrected chi connectivity index (χ1v) is 7.02. The number of rotatable bonds is 5. The van der Waals surface area contributed by atoms with Crippen LogP contribution in [0, 0.1) is 5.92 Å². The number of hydrogen-bond donors (Lipinski definition) is 3. The fourth-order valence-corrected chi connectivity index (χ4v) is 2.35. The zero-order valence-electron chi connectivity index (χ0n) is 12.7. The van der Waals surface area contributed by atoms with Gasteiger partial charge < -0.3 is 10.1 Å². The van der Waals surface area contributed by atoms with Crippen molar-refractivity contribution >= 4 is 11.8 Å². The molecule has 0 spiro atoms. The molecule has 1 aliphatic heterocycles. The Morgan fingerprint density at radius 1 is 1.30 bits per heavy atom. The van der Waals surface area contributed by atoms with Crippen LogP contribution in [0.15, 0.2) is 0 Å². The first-order valence-electron chi connectivity index (χ1n) is 7.02. The van der Waals surface area contributed by atoms with Crippen LogP contribution in [0.2, 0.25) is 0 Å². The van der Waals surface area contributed by atoms with E-state index < -0.39 is 0 Å². The molecule has 1 rings (SSSR count). The minimum Gasteiger partial charge on any atom is -0.378 e. The van der Waals surface area contributed by atoms with E-state index in [1.54, 1.807) is 6.92 Å². The van der Waals surface area contributed by atoms with E-state index in [1.165, 1.54) is 0 Å². The van der Waals surface area contributed by atoms with Gasteiger partial charge in [0.15, 0.2) is 0 Å². The van der Waals surface area contributed by atoms with Crippen molar-refractivity contribution in [1.29, 1.82) is 0 Å². The summed E-state index contributed by atoms with van der Waals surface area (Å²) in [4.78, 5) is 25.9. The summed E-state index contributed by atoms with van der Waals surface area (Å²) in [6.45, 7) is 9.10. The van der Waals surface area contributed by atoms with Crippen LogP contribution in [-0.2, 0) is 14.3 Å². The molecule has 2 amide bonds. The molecular formula is C13H26N4O3. The second-order valence-corrected chi connectivity index (χ2v) is 5.53. The maximum atomic E-state index is 12.2. The maximum Gasteiger partial charge on any atom is 0.239 e. The van der Waals surface area contributed by atoms with Gasteiger partial charge in [0.2, 0.25) is 11.8 Å². The Hall–Kier alpha value is -1.18. The van der Waals surface area contributed by atoms with Gasteiger partial charge in [0.1, 0.15) is 6.04 Å². The quantitative estimate of drug-likeness (QED) is 0.350. The van der Waals surface area contributed by atoms with Crippen molar-refractivity contribution < 1.29 is 14.3 Å². The van der Waals surface area contributed by atoms with Crippen molar-refractivity contribution in [3.05, 3.63) is 0 Å². The molecule has 4 N–H and O–H groups in total. The van der Waals surface area contributed by atoms with Crippen LogP contribution in [0.1, 0.15) is 27.7 Å². The van der Waals surface area contributed by atoms with E-state index >= 15 is 0 Å². The molecule has 0 bridgehead atoms. The number of nitrogens with zero attached hydrogens (tertiary/aromatic N) is 1. The fourth-order valence-electron chi connectivity index (χ4n) is 2.35. The van der Waals surface area contributed by atoms with Gasteiger partial charge in [-0.2, -0.15) is 0 Å². The third-order valence-corrected chi connectivity index (χ3v) is 3.71.